The van der Waals surface area contributed by atoms with E-state index in [0.29, 0.717) is 5.69 Å². The summed E-state index contributed by atoms with van der Waals surface area (Å²) < 4.78 is 22.3. The fourth-order valence-electron chi connectivity index (χ4n) is 2.47. The van der Waals surface area contributed by atoms with E-state index >= 15 is 0 Å². The van der Waals surface area contributed by atoms with Crippen LogP contribution in [-0.4, -0.2) is 38.2 Å². The number of anilines is 1. The Morgan fingerprint density at radius 3 is 2.22 bits per heavy atom. The lowest BCUT2D eigenvalue weighted by Crippen LogP contribution is -2.35. The van der Waals surface area contributed by atoms with Crippen LogP contribution < -0.4 is 10.5 Å². The molecule has 1 aromatic rings. The van der Waals surface area contributed by atoms with Crippen LogP contribution in [0.15, 0.2) is 29.2 Å². The van der Waals surface area contributed by atoms with Crippen LogP contribution in [0, 0.1) is 0 Å². The first-order valence-corrected chi connectivity index (χ1v) is 9.11. The van der Waals surface area contributed by atoms with Crippen molar-refractivity contribution in [3.8, 4) is 0 Å². The molecular formula is C15H21N3O4S. The summed E-state index contributed by atoms with van der Waals surface area (Å²) in [5.74, 6) is -0.275. The van der Waals surface area contributed by atoms with Gasteiger partial charge in [0, 0.05) is 31.6 Å². The van der Waals surface area contributed by atoms with E-state index in [1.165, 1.54) is 24.3 Å². The second-order valence-corrected chi connectivity index (χ2v) is 7.12. The van der Waals surface area contributed by atoms with Gasteiger partial charge in [0.25, 0.3) is 0 Å². The van der Waals surface area contributed by atoms with Gasteiger partial charge in [-0.25, -0.2) is 13.6 Å². The van der Waals surface area contributed by atoms with E-state index in [0.717, 1.165) is 32.4 Å². The number of primary sulfonamides is 1. The summed E-state index contributed by atoms with van der Waals surface area (Å²) in [6, 6.07) is 5.57. The highest BCUT2D eigenvalue weighted by Crippen LogP contribution is 2.14. The van der Waals surface area contributed by atoms with Crippen molar-refractivity contribution in [1.82, 2.24) is 4.90 Å². The Kier molecular flexibility index (Phi) is 5.73. The minimum atomic E-state index is -3.74. The van der Waals surface area contributed by atoms with Gasteiger partial charge in [-0.05, 0) is 43.5 Å². The largest absolute Gasteiger partial charge is 0.343 e. The van der Waals surface area contributed by atoms with E-state index in [1.54, 1.807) is 4.90 Å². The first kappa shape index (κ1) is 17.4. The van der Waals surface area contributed by atoms with E-state index in [1.807, 2.05) is 0 Å². The molecule has 0 atom stereocenters. The summed E-state index contributed by atoms with van der Waals surface area (Å²) in [6.45, 7) is 1.55. The Bertz CT molecular complexity index is 664. The molecule has 2 rings (SSSR count). The highest BCUT2D eigenvalue weighted by Gasteiger charge is 2.17. The molecule has 0 bridgehead atoms. The van der Waals surface area contributed by atoms with Gasteiger partial charge in [0.1, 0.15) is 0 Å². The Morgan fingerprint density at radius 1 is 1.04 bits per heavy atom. The molecular weight excluding hydrogens is 318 g/mol. The molecule has 2 amide bonds. The summed E-state index contributed by atoms with van der Waals surface area (Å²) >= 11 is 0. The molecule has 0 aromatic heterocycles. The van der Waals surface area contributed by atoms with Gasteiger partial charge in [0.05, 0.1) is 4.90 Å². The van der Waals surface area contributed by atoms with Crippen molar-refractivity contribution in [3.05, 3.63) is 24.3 Å². The predicted molar refractivity (Wildman–Crippen MR) is 86.1 cm³/mol. The second kappa shape index (κ2) is 7.56. The standard InChI is InChI=1S/C15H21N3O4S/c16-23(21,22)13-6-4-12(5-7-13)17-14(19)8-9-15(20)18-10-2-1-3-11-18/h4-7H,1-3,8-11H2,(H,17,19)(H2,16,21,22). The van der Waals surface area contributed by atoms with Crippen LogP contribution in [0.3, 0.4) is 0 Å². The number of amides is 2. The fourth-order valence-corrected chi connectivity index (χ4v) is 2.99. The zero-order valence-electron chi connectivity index (χ0n) is 12.8. The Morgan fingerprint density at radius 2 is 1.65 bits per heavy atom. The highest BCUT2D eigenvalue weighted by atomic mass is 32.2. The average Bonchev–Trinajstić information content (AvgIpc) is 2.53. The van der Waals surface area contributed by atoms with Crippen molar-refractivity contribution in [2.75, 3.05) is 18.4 Å². The molecule has 0 unspecified atom stereocenters. The molecule has 7 nitrogen and oxygen atoms in total. The Balaban J connectivity index is 1.81. The molecule has 1 aliphatic rings. The summed E-state index contributed by atoms with van der Waals surface area (Å²) in [5.41, 5.74) is 0.466. The van der Waals surface area contributed by atoms with Crippen LogP contribution in [0.25, 0.3) is 0 Å². The zero-order valence-corrected chi connectivity index (χ0v) is 13.6. The van der Waals surface area contributed by atoms with Crippen LogP contribution in [0.1, 0.15) is 32.1 Å². The topological polar surface area (TPSA) is 110 Å². The zero-order chi connectivity index (χ0) is 16.9. The van der Waals surface area contributed by atoms with Gasteiger partial charge in [-0.3, -0.25) is 9.59 Å². The SMILES string of the molecule is NS(=O)(=O)c1ccc(NC(=O)CCC(=O)N2CCCCC2)cc1. The molecule has 1 heterocycles. The lowest BCUT2D eigenvalue weighted by atomic mass is 10.1. The van der Waals surface area contributed by atoms with Crippen molar-refractivity contribution in [1.29, 1.82) is 0 Å². The van der Waals surface area contributed by atoms with Gasteiger partial charge in [0.15, 0.2) is 0 Å². The fraction of sp³-hybridized carbons (Fsp3) is 0.467. The van der Waals surface area contributed by atoms with E-state index in [-0.39, 0.29) is 29.6 Å². The number of piperidine rings is 1. The Hall–Kier alpha value is -1.93. The molecule has 126 valence electrons. The van der Waals surface area contributed by atoms with Crippen molar-refractivity contribution >= 4 is 27.5 Å². The minimum Gasteiger partial charge on any atom is -0.343 e. The van der Waals surface area contributed by atoms with Crippen LogP contribution in [0.5, 0.6) is 0 Å². The number of rotatable bonds is 5. The lowest BCUT2D eigenvalue weighted by molar-refractivity contribution is -0.133. The highest BCUT2D eigenvalue weighted by molar-refractivity contribution is 7.89. The van der Waals surface area contributed by atoms with Gasteiger partial charge in [-0.1, -0.05) is 0 Å². The number of nitrogens with two attached hydrogens (primary N) is 1. The molecule has 3 N–H and O–H groups in total. The van der Waals surface area contributed by atoms with Gasteiger partial charge < -0.3 is 10.2 Å². The minimum absolute atomic E-state index is 0.00410. The number of carbonyl (C=O) groups excluding carboxylic acids is 2. The first-order chi connectivity index (χ1) is 10.9. The van der Waals surface area contributed by atoms with Gasteiger partial charge >= 0.3 is 0 Å². The molecule has 0 saturated carbocycles. The van der Waals surface area contributed by atoms with Crippen molar-refractivity contribution < 1.29 is 18.0 Å². The number of nitrogens with zero attached hydrogens (tertiary/aromatic N) is 1. The molecule has 0 radical (unpaired) electrons. The number of sulfonamides is 1. The number of hydrogen-bond acceptors (Lipinski definition) is 4. The van der Waals surface area contributed by atoms with Crippen molar-refractivity contribution in [2.24, 2.45) is 5.14 Å². The molecule has 0 spiro atoms. The number of likely N-dealkylation sites (tertiary alicyclic amines) is 1. The normalized spacial score (nSPS) is 15.3. The predicted octanol–water partition coefficient (Wildman–Crippen LogP) is 1.07. The number of nitrogens with one attached hydrogen (secondary N) is 1. The smallest absolute Gasteiger partial charge is 0.238 e. The van der Waals surface area contributed by atoms with Crippen LogP contribution in [0.2, 0.25) is 0 Å². The van der Waals surface area contributed by atoms with Crippen molar-refractivity contribution in [3.63, 3.8) is 0 Å². The summed E-state index contributed by atoms with van der Waals surface area (Å²) in [5, 5.41) is 7.64. The van der Waals surface area contributed by atoms with Crippen LogP contribution >= 0.6 is 0 Å². The van der Waals surface area contributed by atoms with Crippen LogP contribution in [-0.2, 0) is 19.6 Å². The summed E-state index contributed by atoms with van der Waals surface area (Å²) in [6.07, 6.45) is 3.48. The molecule has 1 saturated heterocycles. The maximum absolute atomic E-state index is 12.0. The van der Waals surface area contributed by atoms with Gasteiger partial charge in [-0.15, -0.1) is 0 Å². The average molecular weight is 339 g/mol. The number of carbonyl (C=O) groups is 2. The number of benzene rings is 1. The summed E-state index contributed by atoms with van der Waals surface area (Å²) in [4.78, 5) is 25.6. The third kappa shape index (κ3) is 5.33. The first-order valence-electron chi connectivity index (χ1n) is 7.57. The molecule has 1 aromatic carbocycles. The monoisotopic (exact) mass is 339 g/mol. The molecule has 0 aliphatic carbocycles. The van der Waals surface area contributed by atoms with Crippen LogP contribution in [0.4, 0.5) is 5.69 Å². The molecule has 8 heteroatoms. The number of hydrogen-bond donors (Lipinski definition) is 2. The maximum Gasteiger partial charge on any atom is 0.238 e. The van der Waals surface area contributed by atoms with E-state index < -0.39 is 10.0 Å². The van der Waals surface area contributed by atoms with Gasteiger partial charge in [-0.2, -0.15) is 0 Å². The lowest BCUT2D eigenvalue weighted by Gasteiger charge is -2.26. The quantitative estimate of drug-likeness (QED) is 0.836. The van der Waals surface area contributed by atoms with E-state index in [4.69, 9.17) is 5.14 Å². The molecule has 1 aliphatic heterocycles. The van der Waals surface area contributed by atoms with Gasteiger partial charge in [0.2, 0.25) is 21.8 Å². The van der Waals surface area contributed by atoms with E-state index in [9.17, 15) is 18.0 Å². The second-order valence-electron chi connectivity index (χ2n) is 5.56. The van der Waals surface area contributed by atoms with E-state index in [2.05, 4.69) is 5.32 Å². The van der Waals surface area contributed by atoms with Crippen molar-refractivity contribution in [2.45, 2.75) is 37.0 Å². The third-order valence-electron chi connectivity index (χ3n) is 3.74. The maximum atomic E-state index is 12.0. The third-order valence-corrected chi connectivity index (χ3v) is 4.67. The molecule has 1 fully saturated rings. The Labute approximate surface area is 135 Å². The summed E-state index contributed by atoms with van der Waals surface area (Å²) in [7, 11) is -3.74. The molecule has 23 heavy (non-hydrogen) atoms.